The number of nitrogens with one attached hydrogen (secondary N) is 1. The van der Waals surface area contributed by atoms with Crippen molar-refractivity contribution >= 4 is 39.7 Å². The van der Waals surface area contributed by atoms with Crippen molar-refractivity contribution in [3.8, 4) is 11.4 Å². The zero-order valence-electron chi connectivity index (χ0n) is 18.8. The van der Waals surface area contributed by atoms with Gasteiger partial charge in [0.2, 0.25) is 0 Å². The van der Waals surface area contributed by atoms with Gasteiger partial charge in [-0.3, -0.25) is 4.79 Å². The summed E-state index contributed by atoms with van der Waals surface area (Å²) in [4.78, 5) is 37.5. The van der Waals surface area contributed by atoms with Crippen LogP contribution in [0, 0.1) is 13.8 Å². The summed E-state index contributed by atoms with van der Waals surface area (Å²) in [6, 6.07) is 5.78. The summed E-state index contributed by atoms with van der Waals surface area (Å²) < 4.78 is 12.7. The number of aromatic amines is 1. The second-order valence-electron chi connectivity index (χ2n) is 7.51. The van der Waals surface area contributed by atoms with Crippen LogP contribution in [0.2, 0.25) is 0 Å². The second kappa shape index (κ2) is 9.41. The number of methoxy groups -OCH3 is 1. The van der Waals surface area contributed by atoms with E-state index in [1.54, 1.807) is 26.4 Å². The van der Waals surface area contributed by atoms with E-state index in [9.17, 15) is 9.59 Å². The first-order valence-corrected chi connectivity index (χ1v) is 11.3. The summed E-state index contributed by atoms with van der Waals surface area (Å²) in [6.07, 6.45) is 7.96. The Morgan fingerprint density at radius 1 is 1.27 bits per heavy atom. The monoisotopic (exact) mass is 464 g/mol. The molecule has 0 atom stereocenters. The van der Waals surface area contributed by atoms with Crippen molar-refractivity contribution in [1.29, 1.82) is 0 Å². The smallest absolute Gasteiger partial charge is 0.348 e. The van der Waals surface area contributed by atoms with E-state index in [0.29, 0.717) is 38.8 Å². The van der Waals surface area contributed by atoms with Gasteiger partial charge in [-0.2, -0.15) is 0 Å². The molecule has 3 heterocycles. The molecular weight excluding hydrogens is 440 g/mol. The van der Waals surface area contributed by atoms with Crippen molar-refractivity contribution in [3.05, 3.63) is 68.6 Å². The number of aryl methyl sites for hydroxylation is 2. The fraction of sp³-hybridized carbons (Fsp3) is 0.250. The molecule has 0 amide bonds. The van der Waals surface area contributed by atoms with Crippen molar-refractivity contribution < 1.29 is 14.3 Å². The SMILES string of the molecule is CCCOC(=O)c1sc2nc(/C=C/c3ccc(-n4cnc(C)c4)c(OC)c3)[nH]c(=O)c2c1C. The number of benzene rings is 1. The highest BCUT2D eigenvalue weighted by Gasteiger charge is 2.20. The number of nitrogens with zero attached hydrogens (tertiary/aromatic N) is 3. The number of fused-ring (bicyclic) bond motifs is 1. The third-order valence-corrected chi connectivity index (χ3v) is 6.23. The van der Waals surface area contributed by atoms with Crippen LogP contribution < -0.4 is 10.3 Å². The number of hydrogen-bond donors (Lipinski definition) is 1. The fourth-order valence-corrected chi connectivity index (χ4v) is 4.52. The Labute approximate surface area is 194 Å². The van der Waals surface area contributed by atoms with Gasteiger partial charge in [0.1, 0.15) is 21.3 Å². The minimum Gasteiger partial charge on any atom is -0.495 e. The summed E-state index contributed by atoms with van der Waals surface area (Å²) in [5.41, 5.74) is 2.97. The first kappa shape index (κ1) is 22.5. The standard InChI is InChI=1S/C24H24N4O4S/c1-5-10-32-24(30)21-15(3)20-22(29)26-19(27-23(20)33-21)9-7-16-6-8-17(18(11-16)31-4)28-12-14(2)25-13-28/h6-9,11-13H,5,10H2,1-4H3,(H,26,27,29)/b9-7+. The maximum Gasteiger partial charge on any atom is 0.348 e. The largest absolute Gasteiger partial charge is 0.495 e. The maximum atomic E-state index is 12.7. The van der Waals surface area contributed by atoms with Gasteiger partial charge in [0.15, 0.2) is 0 Å². The molecule has 170 valence electrons. The Kier molecular flexibility index (Phi) is 6.41. The number of H-pyrrole nitrogens is 1. The van der Waals surface area contributed by atoms with Gasteiger partial charge in [-0.25, -0.2) is 14.8 Å². The first-order valence-electron chi connectivity index (χ1n) is 10.5. The molecule has 0 saturated heterocycles. The predicted molar refractivity (Wildman–Crippen MR) is 129 cm³/mol. The van der Waals surface area contributed by atoms with E-state index in [0.717, 1.165) is 23.4 Å². The molecule has 8 nitrogen and oxygen atoms in total. The molecule has 0 bridgehead atoms. The maximum absolute atomic E-state index is 12.7. The van der Waals surface area contributed by atoms with Crippen molar-refractivity contribution in [2.75, 3.05) is 13.7 Å². The normalized spacial score (nSPS) is 11.4. The van der Waals surface area contributed by atoms with Crippen LogP contribution in [0.15, 0.2) is 35.5 Å². The average molecular weight is 465 g/mol. The van der Waals surface area contributed by atoms with Gasteiger partial charge in [-0.15, -0.1) is 11.3 Å². The molecule has 0 radical (unpaired) electrons. The molecule has 0 spiro atoms. The molecule has 0 aliphatic rings. The van der Waals surface area contributed by atoms with Crippen LogP contribution in [-0.2, 0) is 4.74 Å². The predicted octanol–water partition coefficient (Wildman–Crippen LogP) is 4.53. The van der Waals surface area contributed by atoms with Gasteiger partial charge in [0.25, 0.3) is 5.56 Å². The highest BCUT2D eigenvalue weighted by Crippen LogP contribution is 2.28. The molecule has 0 aliphatic carbocycles. The van der Waals surface area contributed by atoms with Gasteiger partial charge < -0.3 is 19.0 Å². The number of hydrogen-bond acceptors (Lipinski definition) is 7. The minimum absolute atomic E-state index is 0.286. The molecule has 0 fully saturated rings. The van der Waals surface area contributed by atoms with Crippen LogP contribution in [0.3, 0.4) is 0 Å². The number of ether oxygens (including phenoxy) is 2. The lowest BCUT2D eigenvalue weighted by Crippen LogP contribution is -2.10. The number of carbonyl (C=O) groups excluding carboxylic acids is 1. The highest BCUT2D eigenvalue weighted by atomic mass is 32.1. The number of thiophene rings is 1. The lowest BCUT2D eigenvalue weighted by Gasteiger charge is -2.09. The van der Waals surface area contributed by atoms with Crippen molar-refractivity contribution in [3.63, 3.8) is 0 Å². The van der Waals surface area contributed by atoms with Gasteiger partial charge >= 0.3 is 5.97 Å². The molecule has 1 N–H and O–H groups in total. The molecular formula is C24H24N4O4S. The summed E-state index contributed by atoms with van der Waals surface area (Å²) in [5, 5.41) is 0.419. The molecule has 4 aromatic rings. The summed E-state index contributed by atoms with van der Waals surface area (Å²) in [5.74, 6) is 0.667. The van der Waals surface area contributed by atoms with E-state index in [1.807, 2.05) is 48.9 Å². The van der Waals surface area contributed by atoms with Crippen LogP contribution in [0.1, 0.15) is 45.7 Å². The number of carbonyl (C=O) groups is 1. The van der Waals surface area contributed by atoms with Crippen LogP contribution in [0.25, 0.3) is 28.1 Å². The van der Waals surface area contributed by atoms with Crippen LogP contribution >= 0.6 is 11.3 Å². The first-order chi connectivity index (χ1) is 15.9. The molecule has 0 saturated carbocycles. The van der Waals surface area contributed by atoms with E-state index >= 15 is 0 Å². The highest BCUT2D eigenvalue weighted by molar-refractivity contribution is 7.20. The van der Waals surface area contributed by atoms with E-state index in [2.05, 4.69) is 15.0 Å². The lowest BCUT2D eigenvalue weighted by molar-refractivity contribution is 0.0510. The zero-order chi connectivity index (χ0) is 23.5. The summed E-state index contributed by atoms with van der Waals surface area (Å²) >= 11 is 1.17. The Balaban J connectivity index is 1.64. The molecule has 0 aliphatic heterocycles. The number of esters is 1. The summed E-state index contributed by atoms with van der Waals surface area (Å²) in [7, 11) is 1.62. The van der Waals surface area contributed by atoms with E-state index in [1.165, 1.54) is 11.3 Å². The zero-order valence-corrected chi connectivity index (χ0v) is 19.7. The lowest BCUT2D eigenvalue weighted by atomic mass is 10.1. The molecule has 33 heavy (non-hydrogen) atoms. The van der Waals surface area contributed by atoms with E-state index in [-0.39, 0.29) is 5.56 Å². The van der Waals surface area contributed by atoms with Gasteiger partial charge in [0.05, 0.1) is 36.8 Å². The Hall–Kier alpha value is -3.72. The minimum atomic E-state index is -0.422. The van der Waals surface area contributed by atoms with Crippen LogP contribution in [-0.4, -0.2) is 39.2 Å². The fourth-order valence-electron chi connectivity index (χ4n) is 3.43. The average Bonchev–Trinajstić information content (AvgIpc) is 3.39. The van der Waals surface area contributed by atoms with Crippen LogP contribution in [0.5, 0.6) is 5.75 Å². The van der Waals surface area contributed by atoms with E-state index < -0.39 is 5.97 Å². The van der Waals surface area contributed by atoms with Crippen molar-refractivity contribution in [2.24, 2.45) is 0 Å². The Bertz CT molecular complexity index is 1410. The van der Waals surface area contributed by atoms with Gasteiger partial charge in [-0.1, -0.05) is 19.1 Å². The van der Waals surface area contributed by atoms with Crippen molar-refractivity contribution in [1.82, 2.24) is 19.5 Å². The van der Waals surface area contributed by atoms with Gasteiger partial charge in [0, 0.05) is 6.20 Å². The molecule has 3 aromatic heterocycles. The number of aromatic nitrogens is 4. The van der Waals surface area contributed by atoms with Crippen molar-refractivity contribution in [2.45, 2.75) is 27.2 Å². The Morgan fingerprint density at radius 2 is 2.09 bits per heavy atom. The molecule has 9 heteroatoms. The quantitative estimate of drug-likeness (QED) is 0.403. The molecule has 0 unspecified atom stereocenters. The topological polar surface area (TPSA) is 99.1 Å². The number of imidazole rings is 1. The van der Waals surface area contributed by atoms with E-state index in [4.69, 9.17) is 9.47 Å². The third kappa shape index (κ3) is 4.58. The second-order valence-corrected chi connectivity index (χ2v) is 8.51. The Morgan fingerprint density at radius 3 is 2.79 bits per heavy atom. The van der Waals surface area contributed by atoms with Crippen LogP contribution in [0.4, 0.5) is 0 Å². The van der Waals surface area contributed by atoms with Gasteiger partial charge in [-0.05, 0) is 49.6 Å². The molecule has 4 rings (SSSR count). The number of rotatable bonds is 7. The third-order valence-electron chi connectivity index (χ3n) is 5.07. The molecule has 1 aromatic carbocycles. The summed E-state index contributed by atoms with van der Waals surface area (Å²) in [6.45, 7) is 5.94.